The Morgan fingerprint density at radius 1 is 1.08 bits per heavy atom. The Hall–Kier alpha value is -2.77. The van der Waals surface area contributed by atoms with Crippen LogP contribution in [0.1, 0.15) is 35.2 Å². The van der Waals surface area contributed by atoms with Crippen molar-refractivity contribution in [3.8, 4) is 0 Å². The molecule has 2 aliphatic rings. The number of benzene rings is 1. The van der Waals surface area contributed by atoms with Crippen LogP contribution in [0.2, 0.25) is 0 Å². The van der Waals surface area contributed by atoms with E-state index in [1.54, 1.807) is 22.8 Å². The first-order valence-corrected chi connectivity index (χ1v) is 8.66. The molecular weight excluding hydrogens is 339 g/mol. The van der Waals surface area contributed by atoms with Crippen LogP contribution < -0.4 is 5.43 Å². The number of hydrogen-bond donors (Lipinski definition) is 1. The van der Waals surface area contributed by atoms with Crippen molar-refractivity contribution >= 4 is 23.4 Å². The molecule has 0 bridgehead atoms. The summed E-state index contributed by atoms with van der Waals surface area (Å²) in [6.45, 7) is 3.48. The number of amides is 3. The topological polar surface area (TPSA) is 82.1 Å². The van der Waals surface area contributed by atoms with Gasteiger partial charge >= 0.3 is 0 Å². The van der Waals surface area contributed by atoms with Gasteiger partial charge in [-0.1, -0.05) is 0 Å². The highest BCUT2D eigenvalue weighted by atomic mass is 19.1. The Morgan fingerprint density at radius 2 is 1.77 bits per heavy atom. The summed E-state index contributed by atoms with van der Waals surface area (Å²) in [6.07, 6.45) is 1.24. The van der Waals surface area contributed by atoms with Crippen LogP contribution in [0.25, 0.3) is 0 Å². The fourth-order valence-electron chi connectivity index (χ4n) is 3.09. The molecule has 3 rings (SSSR count). The number of hydrogen-bond acceptors (Lipinski definition) is 4. The van der Waals surface area contributed by atoms with E-state index in [-0.39, 0.29) is 30.0 Å². The van der Waals surface area contributed by atoms with E-state index in [4.69, 9.17) is 0 Å². The number of hydrazone groups is 1. The maximum absolute atomic E-state index is 13.4. The van der Waals surface area contributed by atoms with E-state index in [0.29, 0.717) is 55.9 Å². The highest BCUT2D eigenvalue weighted by molar-refractivity contribution is 6.39. The standard InChI is InChI=1S/C18H21FN4O3/c1-12-11-13(3-4-14(12)19)17(25)22-7-2-8-23(10-9-22)18(26)15-5-6-16(24)21-20-15/h3-4,11H,2,5-10H2,1H3,(H,21,24). The van der Waals surface area contributed by atoms with Crippen LogP contribution in [0.3, 0.4) is 0 Å². The molecule has 1 aromatic rings. The molecule has 0 atom stereocenters. The van der Waals surface area contributed by atoms with Crippen LogP contribution >= 0.6 is 0 Å². The van der Waals surface area contributed by atoms with Crippen molar-refractivity contribution in [2.75, 3.05) is 26.2 Å². The Kier molecular flexibility index (Phi) is 5.29. The number of aryl methyl sites for hydroxylation is 1. The van der Waals surface area contributed by atoms with Crippen LogP contribution in [-0.2, 0) is 9.59 Å². The lowest BCUT2D eigenvalue weighted by atomic mass is 10.1. The van der Waals surface area contributed by atoms with E-state index < -0.39 is 0 Å². The molecule has 138 valence electrons. The quantitative estimate of drug-likeness (QED) is 0.857. The Balaban J connectivity index is 1.64. The maximum atomic E-state index is 13.4. The first kappa shape index (κ1) is 18.0. The summed E-state index contributed by atoms with van der Waals surface area (Å²) in [6, 6.07) is 4.33. The average Bonchev–Trinajstić information content (AvgIpc) is 2.89. The van der Waals surface area contributed by atoms with Gasteiger partial charge in [-0.3, -0.25) is 14.4 Å². The van der Waals surface area contributed by atoms with E-state index in [0.717, 1.165) is 0 Å². The van der Waals surface area contributed by atoms with Crippen LogP contribution in [0.5, 0.6) is 0 Å². The Bertz CT molecular complexity index is 778. The molecule has 0 radical (unpaired) electrons. The monoisotopic (exact) mass is 360 g/mol. The SMILES string of the molecule is Cc1cc(C(=O)N2CCCN(C(=O)C3=NNC(=O)CC3)CC2)ccc1F. The summed E-state index contributed by atoms with van der Waals surface area (Å²) in [5.74, 6) is -0.889. The summed E-state index contributed by atoms with van der Waals surface area (Å²) >= 11 is 0. The molecule has 0 aliphatic carbocycles. The minimum atomic E-state index is -0.338. The van der Waals surface area contributed by atoms with Crippen molar-refractivity contribution in [2.24, 2.45) is 5.10 Å². The van der Waals surface area contributed by atoms with E-state index in [2.05, 4.69) is 10.5 Å². The summed E-state index contributed by atoms with van der Waals surface area (Å²) in [5.41, 5.74) is 3.56. The first-order valence-electron chi connectivity index (χ1n) is 8.66. The van der Waals surface area contributed by atoms with Crippen molar-refractivity contribution in [2.45, 2.75) is 26.2 Å². The van der Waals surface area contributed by atoms with Gasteiger partial charge in [0, 0.05) is 44.6 Å². The molecule has 1 fully saturated rings. The highest BCUT2D eigenvalue weighted by Crippen LogP contribution is 2.14. The van der Waals surface area contributed by atoms with Crippen LogP contribution in [0.4, 0.5) is 4.39 Å². The van der Waals surface area contributed by atoms with Gasteiger partial charge < -0.3 is 9.80 Å². The fraction of sp³-hybridized carbons (Fsp3) is 0.444. The lowest BCUT2D eigenvalue weighted by Crippen LogP contribution is -2.42. The Morgan fingerprint density at radius 3 is 2.38 bits per heavy atom. The number of rotatable bonds is 2. The molecule has 8 heteroatoms. The van der Waals surface area contributed by atoms with Gasteiger partial charge in [0.2, 0.25) is 5.91 Å². The Labute approximate surface area is 150 Å². The number of nitrogens with zero attached hydrogens (tertiary/aromatic N) is 3. The molecule has 2 heterocycles. The van der Waals surface area contributed by atoms with E-state index in [1.165, 1.54) is 12.1 Å². The second-order valence-electron chi connectivity index (χ2n) is 6.50. The van der Waals surface area contributed by atoms with E-state index in [1.807, 2.05) is 0 Å². The molecule has 0 unspecified atom stereocenters. The lowest BCUT2D eigenvalue weighted by molar-refractivity contribution is -0.124. The van der Waals surface area contributed by atoms with Gasteiger partial charge in [-0.15, -0.1) is 0 Å². The second-order valence-corrected chi connectivity index (χ2v) is 6.50. The summed E-state index contributed by atoms with van der Waals surface area (Å²) in [4.78, 5) is 39.7. The molecule has 2 aliphatic heterocycles. The van der Waals surface area contributed by atoms with Gasteiger partial charge in [0.1, 0.15) is 11.5 Å². The minimum absolute atomic E-state index is 0.162. The molecule has 1 saturated heterocycles. The number of halogens is 1. The average molecular weight is 360 g/mol. The van der Waals surface area contributed by atoms with Crippen molar-refractivity contribution in [3.05, 3.63) is 35.1 Å². The van der Waals surface area contributed by atoms with Gasteiger partial charge in [-0.05, 0) is 37.1 Å². The largest absolute Gasteiger partial charge is 0.337 e. The minimum Gasteiger partial charge on any atom is -0.337 e. The molecule has 1 aromatic carbocycles. The molecule has 0 spiro atoms. The smallest absolute Gasteiger partial charge is 0.270 e. The first-order chi connectivity index (χ1) is 12.5. The predicted octanol–water partition coefficient (Wildman–Crippen LogP) is 1.07. The normalized spacial score (nSPS) is 18.1. The second kappa shape index (κ2) is 7.63. The molecule has 26 heavy (non-hydrogen) atoms. The summed E-state index contributed by atoms with van der Waals surface area (Å²) in [7, 11) is 0. The van der Waals surface area contributed by atoms with Crippen molar-refractivity contribution < 1.29 is 18.8 Å². The van der Waals surface area contributed by atoms with Gasteiger partial charge in [0.05, 0.1) is 0 Å². The van der Waals surface area contributed by atoms with E-state index >= 15 is 0 Å². The molecule has 7 nitrogen and oxygen atoms in total. The highest BCUT2D eigenvalue weighted by Gasteiger charge is 2.27. The predicted molar refractivity (Wildman–Crippen MR) is 93.0 cm³/mol. The zero-order valence-corrected chi connectivity index (χ0v) is 14.6. The van der Waals surface area contributed by atoms with Crippen LogP contribution in [-0.4, -0.2) is 59.4 Å². The third kappa shape index (κ3) is 3.89. The van der Waals surface area contributed by atoms with Crippen LogP contribution in [0.15, 0.2) is 23.3 Å². The molecule has 0 aromatic heterocycles. The fourth-order valence-corrected chi connectivity index (χ4v) is 3.09. The third-order valence-electron chi connectivity index (χ3n) is 4.63. The van der Waals surface area contributed by atoms with Crippen molar-refractivity contribution in [1.82, 2.24) is 15.2 Å². The number of nitrogens with one attached hydrogen (secondary N) is 1. The summed E-state index contributed by atoms with van der Waals surface area (Å²) < 4.78 is 13.4. The number of carbonyl (C=O) groups excluding carboxylic acids is 3. The molecule has 1 N–H and O–H groups in total. The van der Waals surface area contributed by atoms with Crippen molar-refractivity contribution in [1.29, 1.82) is 0 Å². The molecular formula is C18H21FN4O3. The molecule has 3 amide bonds. The lowest BCUT2D eigenvalue weighted by Gasteiger charge is -2.23. The zero-order chi connectivity index (χ0) is 18.7. The third-order valence-corrected chi connectivity index (χ3v) is 4.63. The van der Waals surface area contributed by atoms with Crippen molar-refractivity contribution in [3.63, 3.8) is 0 Å². The van der Waals surface area contributed by atoms with Gasteiger partial charge in [-0.25, -0.2) is 9.82 Å². The van der Waals surface area contributed by atoms with Crippen LogP contribution in [0, 0.1) is 12.7 Å². The van der Waals surface area contributed by atoms with Gasteiger partial charge in [0.25, 0.3) is 11.8 Å². The maximum Gasteiger partial charge on any atom is 0.270 e. The zero-order valence-electron chi connectivity index (χ0n) is 14.6. The van der Waals surface area contributed by atoms with Gasteiger partial charge in [0.15, 0.2) is 0 Å². The molecule has 0 saturated carbocycles. The van der Waals surface area contributed by atoms with E-state index in [9.17, 15) is 18.8 Å². The summed E-state index contributed by atoms with van der Waals surface area (Å²) in [5, 5.41) is 3.85. The number of carbonyl (C=O) groups is 3. The van der Waals surface area contributed by atoms with Gasteiger partial charge in [-0.2, -0.15) is 5.10 Å².